The van der Waals surface area contributed by atoms with Crippen LogP contribution < -0.4 is 0 Å². The van der Waals surface area contributed by atoms with Crippen molar-refractivity contribution in [2.45, 2.75) is 46.5 Å². The molecule has 1 unspecified atom stereocenters. The molecule has 0 bridgehead atoms. The van der Waals surface area contributed by atoms with E-state index in [1.807, 2.05) is 6.92 Å². The van der Waals surface area contributed by atoms with E-state index in [-0.39, 0.29) is 24.4 Å². The number of hydrogen-bond acceptors (Lipinski definition) is 4. The van der Waals surface area contributed by atoms with Crippen LogP contribution in [0.4, 0.5) is 0 Å². The molecule has 0 aromatic heterocycles. The summed E-state index contributed by atoms with van der Waals surface area (Å²) in [6.07, 6.45) is 2.23. The first-order valence-corrected chi connectivity index (χ1v) is 5.65. The Morgan fingerprint density at radius 3 is 2.25 bits per heavy atom. The minimum atomic E-state index is -0.777. The van der Waals surface area contributed by atoms with Crippen LogP contribution in [-0.4, -0.2) is 24.1 Å². The fraction of sp³-hybridized carbons (Fsp3) is 0.750. The van der Waals surface area contributed by atoms with Crippen LogP contribution in [0.25, 0.3) is 0 Å². The Morgan fingerprint density at radius 1 is 1.19 bits per heavy atom. The Hall–Kier alpha value is -1.19. The van der Waals surface area contributed by atoms with Crippen LogP contribution in [0.15, 0.2) is 0 Å². The van der Waals surface area contributed by atoms with E-state index in [1.54, 1.807) is 0 Å². The lowest BCUT2D eigenvalue weighted by Gasteiger charge is -2.12. The molecule has 4 nitrogen and oxygen atoms in total. The third-order valence-electron chi connectivity index (χ3n) is 2.30. The Balaban J connectivity index is 4.14. The number of carbonyl (C=O) groups excluding carboxylic acids is 3. The number of ether oxygens (including phenoxy) is 1. The summed E-state index contributed by atoms with van der Waals surface area (Å²) >= 11 is 0. The van der Waals surface area contributed by atoms with Gasteiger partial charge in [-0.1, -0.05) is 13.3 Å². The first kappa shape index (κ1) is 14.8. The highest BCUT2D eigenvalue weighted by Crippen LogP contribution is 2.11. The molecule has 0 saturated heterocycles. The Bertz CT molecular complexity index is 258. The SMILES string of the molecule is CCCCOC(=O)C(CCC(C)=O)C(C)=O. The Morgan fingerprint density at radius 2 is 1.81 bits per heavy atom. The van der Waals surface area contributed by atoms with Gasteiger partial charge in [-0.15, -0.1) is 0 Å². The molecule has 0 N–H and O–H groups in total. The van der Waals surface area contributed by atoms with Gasteiger partial charge in [0.25, 0.3) is 0 Å². The van der Waals surface area contributed by atoms with Gasteiger partial charge in [0.15, 0.2) is 0 Å². The van der Waals surface area contributed by atoms with Crippen molar-refractivity contribution in [3.8, 4) is 0 Å². The van der Waals surface area contributed by atoms with E-state index >= 15 is 0 Å². The summed E-state index contributed by atoms with van der Waals surface area (Å²) in [5.41, 5.74) is 0. The summed E-state index contributed by atoms with van der Waals surface area (Å²) in [5.74, 6) is -1.53. The van der Waals surface area contributed by atoms with Crippen LogP contribution in [0.5, 0.6) is 0 Å². The van der Waals surface area contributed by atoms with E-state index in [2.05, 4.69) is 0 Å². The zero-order valence-corrected chi connectivity index (χ0v) is 10.2. The highest BCUT2D eigenvalue weighted by atomic mass is 16.5. The summed E-state index contributed by atoms with van der Waals surface area (Å²) in [4.78, 5) is 33.5. The second-order valence-electron chi connectivity index (χ2n) is 3.92. The fourth-order valence-corrected chi connectivity index (χ4v) is 1.25. The first-order valence-electron chi connectivity index (χ1n) is 5.65. The number of esters is 1. The molecule has 0 aromatic rings. The van der Waals surface area contributed by atoms with Gasteiger partial charge in [-0.3, -0.25) is 9.59 Å². The summed E-state index contributed by atoms with van der Waals surface area (Å²) in [5, 5.41) is 0. The lowest BCUT2D eigenvalue weighted by molar-refractivity contribution is -0.152. The van der Waals surface area contributed by atoms with Crippen molar-refractivity contribution in [2.75, 3.05) is 6.61 Å². The van der Waals surface area contributed by atoms with Gasteiger partial charge >= 0.3 is 5.97 Å². The van der Waals surface area contributed by atoms with E-state index in [9.17, 15) is 14.4 Å². The number of unbranched alkanes of at least 4 members (excludes halogenated alkanes) is 1. The molecule has 0 amide bonds. The van der Waals surface area contributed by atoms with Crippen molar-refractivity contribution < 1.29 is 19.1 Å². The topological polar surface area (TPSA) is 60.4 Å². The maximum Gasteiger partial charge on any atom is 0.316 e. The molecule has 0 aliphatic rings. The number of carbonyl (C=O) groups is 3. The number of rotatable bonds is 8. The predicted molar refractivity (Wildman–Crippen MR) is 60.0 cm³/mol. The van der Waals surface area contributed by atoms with E-state index in [0.717, 1.165) is 12.8 Å². The molecule has 0 spiro atoms. The van der Waals surface area contributed by atoms with Gasteiger partial charge in [0, 0.05) is 6.42 Å². The summed E-state index contributed by atoms with van der Waals surface area (Å²) in [6.45, 7) is 5.14. The second-order valence-corrected chi connectivity index (χ2v) is 3.92. The molecule has 0 fully saturated rings. The molecule has 16 heavy (non-hydrogen) atoms. The van der Waals surface area contributed by atoms with Crippen LogP contribution in [-0.2, 0) is 19.1 Å². The van der Waals surface area contributed by atoms with Crippen LogP contribution in [0.2, 0.25) is 0 Å². The number of ketones is 2. The Labute approximate surface area is 96.4 Å². The highest BCUT2D eigenvalue weighted by Gasteiger charge is 2.24. The summed E-state index contributed by atoms with van der Waals surface area (Å²) in [6, 6.07) is 0. The molecule has 0 aliphatic heterocycles. The quantitative estimate of drug-likeness (QED) is 0.361. The van der Waals surface area contributed by atoms with Crippen molar-refractivity contribution in [3.05, 3.63) is 0 Å². The molecule has 0 rings (SSSR count). The largest absolute Gasteiger partial charge is 0.465 e. The molecule has 1 atom stereocenters. The average molecular weight is 228 g/mol. The maximum atomic E-state index is 11.5. The van der Waals surface area contributed by atoms with Crippen molar-refractivity contribution in [1.29, 1.82) is 0 Å². The Kier molecular flexibility index (Phi) is 7.42. The normalized spacial score (nSPS) is 11.9. The van der Waals surface area contributed by atoms with E-state index < -0.39 is 11.9 Å². The molecule has 0 saturated carbocycles. The van der Waals surface area contributed by atoms with Gasteiger partial charge < -0.3 is 9.53 Å². The minimum Gasteiger partial charge on any atom is -0.465 e. The standard InChI is InChI=1S/C12H20O4/c1-4-5-8-16-12(15)11(10(3)14)7-6-9(2)13/h11H,4-8H2,1-3H3. The molecule has 0 radical (unpaired) electrons. The van der Waals surface area contributed by atoms with Crippen LogP contribution in [0.1, 0.15) is 46.5 Å². The average Bonchev–Trinajstić information content (AvgIpc) is 2.17. The van der Waals surface area contributed by atoms with Crippen molar-refractivity contribution in [3.63, 3.8) is 0 Å². The maximum absolute atomic E-state index is 11.5. The molecule has 0 aromatic carbocycles. The van der Waals surface area contributed by atoms with Crippen molar-refractivity contribution in [1.82, 2.24) is 0 Å². The smallest absolute Gasteiger partial charge is 0.316 e. The van der Waals surface area contributed by atoms with Gasteiger partial charge in [-0.25, -0.2) is 0 Å². The van der Waals surface area contributed by atoms with Crippen molar-refractivity contribution in [2.24, 2.45) is 5.92 Å². The first-order chi connectivity index (χ1) is 7.49. The lowest BCUT2D eigenvalue weighted by atomic mass is 9.98. The second kappa shape index (κ2) is 8.02. The molecule has 4 heteroatoms. The van der Waals surface area contributed by atoms with Gasteiger partial charge in [0.1, 0.15) is 17.5 Å². The van der Waals surface area contributed by atoms with Crippen LogP contribution in [0, 0.1) is 5.92 Å². The van der Waals surface area contributed by atoms with E-state index in [4.69, 9.17) is 4.74 Å². The van der Waals surface area contributed by atoms with E-state index in [1.165, 1.54) is 13.8 Å². The van der Waals surface area contributed by atoms with Crippen molar-refractivity contribution >= 4 is 17.5 Å². The molecular weight excluding hydrogens is 208 g/mol. The lowest BCUT2D eigenvalue weighted by Crippen LogP contribution is -2.25. The third kappa shape index (κ3) is 6.32. The number of Topliss-reactive ketones (excluding diaryl/α,β-unsaturated/α-hetero) is 2. The summed E-state index contributed by atoms with van der Waals surface area (Å²) in [7, 11) is 0. The van der Waals surface area contributed by atoms with Gasteiger partial charge in [0.2, 0.25) is 0 Å². The molecule has 0 heterocycles. The number of hydrogen-bond donors (Lipinski definition) is 0. The van der Waals surface area contributed by atoms with Crippen LogP contribution in [0.3, 0.4) is 0 Å². The highest BCUT2D eigenvalue weighted by molar-refractivity contribution is 5.98. The fourth-order valence-electron chi connectivity index (χ4n) is 1.25. The van der Waals surface area contributed by atoms with Crippen LogP contribution >= 0.6 is 0 Å². The zero-order valence-electron chi connectivity index (χ0n) is 10.2. The van der Waals surface area contributed by atoms with Gasteiger partial charge in [-0.05, 0) is 26.7 Å². The molecule has 0 aliphatic carbocycles. The van der Waals surface area contributed by atoms with Gasteiger partial charge in [0.05, 0.1) is 6.61 Å². The monoisotopic (exact) mass is 228 g/mol. The predicted octanol–water partition coefficient (Wildman–Crippen LogP) is 1.90. The minimum absolute atomic E-state index is 0.0207. The summed E-state index contributed by atoms with van der Waals surface area (Å²) < 4.78 is 4.97. The van der Waals surface area contributed by atoms with Gasteiger partial charge in [-0.2, -0.15) is 0 Å². The zero-order chi connectivity index (χ0) is 12.6. The third-order valence-corrected chi connectivity index (χ3v) is 2.30. The molecule has 92 valence electrons. The van der Waals surface area contributed by atoms with E-state index in [0.29, 0.717) is 6.61 Å². The molecular formula is C12H20O4.